The highest BCUT2D eigenvalue weighted by atomic mass is 16.5. The minimum absolute atomic E-state index is 0.574. The van der Waals surface area contributed by atoms with Crippen LogP contribution in [0.25, 0.3) is 0 Å². The van der Waals surface area contributed by atoms with Crippen molar-refractivity contribution in [2.75, 3.05) is 6.61 Å². The molecule has 0 rings (SSSR count). The molecule has 1 N–H and O–H groups in total. The van der Waals surface area contributed by atoms with Gasteiger partial charge in [-0.25, -0.2) is 4.79 Å². The Morgan fingerprint density at radius 2 is 1.25 bits per heavy atom. The first-order valence-corrected chi connectivity index (χ1v) is 8.53. The second-order valence-electron chi connectivity index (χ2n) is 5.74. The quantitative estimate of drug-likeness (QED) is 0.422. The highest BCUT2D eigenvalue weighted by molar-refractivity contribution is 5.71. The van der Waals surface area contributed by atoms with E-state index < -0.39 is 12.1 Å². The fourth-order valence-electron chi connectivity index (χ4n) is 2.27. The van der Waals surface area contributed by atoms with Crippen molar-refractivity contribution in [3.05, 3.63) is 0 Å². The summed E-state index contributed by atoms with van der Waals surface area (Å²) in [6, 6.07) is 0. The van der Waals surface area contributed by atoms with Crippen LogP contribution in [0.4, 0.5) is 0 Å². The van der Waals surface area contributed by atoms with Gasteiger partial charge >= 0.3 is 5.97 Å². The molecule has 0 amide bonds. The Morgan fingerprint density at radius 3 is 1.65 bits per heavy atom. The molecule has 3 nitrogen and oxygen atoms in total. The van der Waals surface area contributed by atoms with Gasteiger partial charge in [-0.1, -0.05) is 77.6 Å². The Kier molecular flexibility index (Phi) is 14.4. The summed E-state index contributed by atoms with van der Waals surface area (Å²) < 4.78 is 5.20. The van der Waals surface area contributed by atoms with Gasteiger partial charge in [-0.05, 0) is 13.3 Å². The van der Waals surface area contributed by atoms with Gasteiger partial charge in [0.25, 0.3) is 0 Å². The Hall–Kier alpha value is -0.570. The number of rotatable bonds is 15. The third-order valence-corrected chi connectivity index (χ3v) is 3.71. The predicted octanol–water partition coefficient (Wildman–Crippen LogP) is 5.18. The third kappa shape index (κ3) is 13.9. The minimum atomic E-state index is -0.871. The summed E-state index contributed by atoms with van der Waals surface area (Å²) >= 11 is 0. The number of hydrogen-bond donors (Lipinski definition) is 1. The van der Waals surface area contributed by atoms with Crippen LogP contribution in [0, 0.1) is 0 Å². The van der Waals surface area contributed by atoms with E-state index in [4.69, 9.17) is 9.84 Å². The first-order chi connectivity index (χ1) is 9.68. The summed E-state index contributed by atoms with van der Waals surface area (Å²) in [7, 11) is 0. The van der Waals surface area contributed by atoms with Gasteiger partial charge < -0.3 is 9.84 Å². The van der Waals surface area contributed by atoms with Gasteiger partial charge in [0, 0.05) is 6.61 Å². The van der Waals surface area contributed by atoms with Crippen LogP contribution in [0.1, 0.15) is 90.9 Å². The maximum atomic E-state index is 10.5. The van der Waals surface area contributed by atoms with E-state index in [9.17, 15) is 4.79 Å². The monoisotopic (exact) mass is 286 g/mol. The Labute approximate surface area is 125 Å². The number of unbranched alkanes of at least 4 members (excludes halogenated alkanes) is 11. The van der Waals surface area contributed by atoms with Gasteiger partial charge in [-0.15, -0.1) is 0 Å². The van der Waals surface area contributed by atoms with Crippen LogP contribution in [0.15, 0.2) is 0 Å². The maximum Gasteiger partial charge on any atom is 0.332 e. The van der Waals surface area contributed by atoms with Crippen LogP contribution in [0.5, 0.6) is 0 Å². The Balaban J connectivity index is 3.04. The number of carboxylic acid groups (broad SMARTS) is 1. The van der Waals surface area contributed by atoms with Crippen molar-refractivity contribution in [1.29, 1.82) is 0 Å². The number of carbonyl (C=O) groups is 1. The number of aliphatic carboxylic acids is 1. The average molecular weight is 286 g/mol. The second-order valence-corrected chi connectivity index (χ2v) is 5.74. The molecule has 120 valence electrons. The lowest BCUT2D eigenvalue weighted by atomic mass is 10.1. The van der Waals surface area contributed by atoms with E-state index in [1.165, 1.54) is 64.2 Å². The molecule has 1 unspecified atom stereocenters. The molecule has 0 aromatic rings. The SMILES string of the molecule is CCCCCCCCCCCCCCOC(C)C(=O)O. The summed E-state index contributed by atoms with van der Waals surface area (Å²) in [4.78, 5) is 10.5. The zero-order valence-corrected chi connectivity index (χ0v) is 13.5. The molecule has 1 atom stereocenters. The summed E-state index contributed by atoms with van der Waals surface area (Å²) in [6.07, 6.45) is 15.1. The van der Waals surface area contributed by atoms with E-state index in [0.717, 1.165) is 12.8 Å². The summed E-state index contributed by atoms with van der Waals surface area (Å²) in [5, 5.41) is 8.65. The van der Waals surface area contributed by atoms with Crippen LogP contribution < -0.4 is 0 Å². The van der Waals surface area contributed by atoms with Gasteiger partial charge in [-0.2, -0.15) is 0 Å². The van der Waals surface area contributed by atoms with Crippen molar-refractivity contribution < 1.29 is 14.6 Å². The molecule has 0 heterocycles. The lowest BCUT2D eigenvalue weighted by Gasteiger charge is -2.07. The lowest BCUT2D eigenvalue weighted by molar-refractivity contribution is -0.149. The van der Waals surface area contributed by atoms with Crippen molar-refractivity contribution in [2.45, 2.75) is 97.0 Å². The molecule has 20 heavy (non-hydrogen) atoms. The third-order valence-electron chi connectivity index (χ3n) is 3.71. The van der Waals surface area contributed by atoms with Crippen LogP contribution in [-0.2, 0) is 9.53 Å². The topological polar surface area (TPSA) is 46.5 Å². The number of carboxylic acids is 1. The van der Waals surface area contributed by atoms with E-state index in [-0.39, 0.29) is 0 Å². The molecule has 0 spiro atoms. The standard InChI is InChI=1S/C17H34O3/c1-3-4-5-6-7-8-9-10-11-12-13-14-15-20-16(2)17(18)19/h16H,3-15H2,1-2H3,(H,18,19). The van der Waals surface area contributed by atoms with E-state index in [1.54, 1.807) is 6.92 Å². The van der Waals surface area contributed by atoms with Crippen molar-refractivity contribution in [3.8, 4) is 0 Å². The van der Waals surface area contributed by atoms with Crippen LogP contribution in [0.2, 0.25) is 0 Å². The van der Waals surface area contributed by atoms with Gasteiger partial charge in [0.05, 0.1) is 0 Å². The average Bonchev–Trinajstić information content (AvgIpc) is 2.43. The fraction of sp³-hybridized carbons (Fsp3) is 0.941. The van der Waals surface area contributed by atoms with Gasteiger partial charge in [0.15, 0.2) is 6.10 Å². The smallest absolute Gasteiger partial charge is 0.332 e. The predicted molar refractivity (Wildman–Crippen MR) is 84.1 cm³/mol. The maximum absolute atomic E-state index is 10.5. The molecule has 0 aromatic heterocycles. The van der Waals surface area contributed by atoms with Crippen LogP contribution in [-0.4, -0.2) is 23.8 Å². The molecule has 0 aliphatic carbocycles. The molecule has 0 saturated carbocycles. The van der Waals surface area contributed by atoms with Crippen molar-refractivity contribution in [1.82, 2.24) is 0 Å². The largest absolute Gasteiger partial charge is 0.479 e. The lowest BCUT2D eigenvalue weighted by Crippen LogP contribution is -2.20. The first kappa shape index (κ1) is 19.4. The van der Waals surface area contributed by atoms with Gasteiger partial charge in [-0.3, -0.25) is 0 Å². The normalized spacial score (nSPS) is 12.5. The molecular formula is C17H34O3. The van der Waals surface area contributed by atoms with E-state index in [0.29, 0.717) is 6.61 Å². The number of ether oxygens (including phenoxy) is 1. The van der Waals surface area contributed by atoms with Gasteiger partial charge in [0.2, 0.25) is 0 Å². The van der Waals surface area contributed by atoms with E-state index >= 15 is 0 Å². The highest BCUT2D eigenvalue weighted by Gasteiger charge is 2.09. The number of hydrogen-bond acceptors (Lipinski definition) is 2. The minimum Gasteiger partial charge on any atom is -0.479 e. The van der Waals surface area contributed by atoms with Crippen LogP contribution >= 0.6 is 0 Å². The van der Waals surface area contributed by atoms with Crippen molar-refractivity contribution >= 4 is 5.97 Å². The molecular weight excluding hydrogens is 252 g/mol. The Morgan fingerprint density at radius 1 is 0.850 bits per heavy atom. The van der Waals surface area contributed by atoms with Crippen LogP contribution in [0.3, 0.4) is 0 Å². The molecule has 3 heteroatoms. The molecule has 0 bridgehead atoms. The zero-order valence-electron chi connectivity index (χ0n) is 13.5. The summed E-state index contributed by atoms with van der Waals surface area (Å²) in [5.41, 5.74) is 0. The molecule has 0 aliphatic rings. The summed E-state index contributed by atoms with van der Waals surface area (Å²) in [6.45, 7) is 4.42. The molecule has 0 aromatic carbocycles. The van der Waals surface area contributed by atoms with E-state index in [2.05, 4.69) is 6.92 Å². The molecule has 0 radical (unpaired) electrons. The van der Waals surface area contributed by atoms with E-state index in [1.807, 2.05) is 0 Å². The zero-order chi connectivity index (χ0) is 15.1. The highest BCUT2D eigenvalue weighted by Crippen LogP contribution is 2.12. The molecule has 0 saturated heterocycles. The first-order valence-electron chi connectivity index (χ1n) is 8.53. The Bertz CT molecular complexity index is 216. The van der Waals surface area contributed by atoms with Gasteiger partial charge in [0.1, 0.15) is 0 Å². The fourth-order valence-corrected chi connectivity index (χ4v) is 2.27. The van der Waals surface area contributed by atoms with Crippen molar-refractivity contribution in [2.24, 2.45) is 0 Å². The van der Waals surface area contributed by atoms with Crippen molar-refractivity contribution in [3.63, 3.8) is 0 Å². The molecule has 0 fully saturated rings. The second kappa shape index (κ2) is 14.8. The summed E-state index contributed by atoms with van der Waals surface area (Å²) in [5.74, 6) is -0.871. The molecule has 0 aliphatic heterocycles.